The average molecular weight is 335 g/mol. The van der Waals surface area contributed by atoms with E-state index in [-0.39, 0.29) is 11.3 Å². The Balaban J connectivity index is 2.06. The Morgan fingerprint density at radius 1 is 1.20 bits per heavy atom. The van der Waals surface area contributed by atoms with E-state index in [9.17, 15) is 9.59 Å². The van der Waals surface area contributed by atoms with E-state index >= 15 is 0 Å². The zero-order valence-corrected chi connectivity index (χ0v) is 14.6. The van der Waals surface area contributed by atoms with E-state index in [4.69, 9.17) is 4.74 Å². The maximum Gasteiger partial charge on any atom is 0.191 e. The Morgan fingerprint density at radius 3 is 2.68 bits per heavy atom. The van der Waals surface area contributed by atoms with Gasteiger partial charge in [-0.3, -0.25) is 9.59 Å². The van der Waals surface area contributed by atoms with Gasteiger partial charge in [-0.2, -0.15) is 0 Å². The van der Waals surface area contributed by atoms with Crippen molar-refractivity contribution in [1.29, 1.82) is 0 Å². The molecule has 0 radical (unpaired) electrons. The first kappa shape index (κ1) is 17.0. The van der Waals surface area contributed by atoms with Gasteiger partial charge in [0.2, 0.25) is 0 Å². The summed E-state index contributed by atoms with van der Waals surface area (Å²) in [5.41, 5.74) is 3.74. The van der Waals surface area contributed by atoms with Gasteiger partial charge in [-0.25, -0.2) is 0 Å². The summed E-state index contributed by atoms with van der Waals surface area (Å²) in [5, 5.41) is 3.44. The van der Waals surface area contributed by atoms with Crippen LogP contribution in [0.1, 0.15) is 45.7 Å². The van der Waals surface area contributed by atoms with Crippen LogP contribution in [0.15, 0.2) is 48.5 Å². The number of carbonyl (C=O) groups excluding carboxylic acids is 2. The summed E-state index contributed by atoms with van der Waals surface area (Å²) in [6.07, 6.45) is 3.24. The first-order valence-corrected chi connectivity index (χ1v) is 8.19. The Morgan fingerprint density at radius 2 is 1.96 bits per heavy atom. The molecule has 0 aromatic heterocycles. The molecule has 4 heteroatoms. The van der Waals surface area contributed by atoms with Crippen molar-refractivity contribution < 1.29 is 14.3 Å². The minimum atomic E-state index is -0.207. The van der Waals surface area contributed by atoms with E-state index in [0.29, 0.717) is 16.9 Å². The molecule has 0 spiro atoms. The van der Waals surface area contributed by atoms with Gasteiger partial charge in [0.05, 0.1) is 12.7 Å². The summed E-state index contributed by atoms with van der Waals surface area (Å²) >= 11 is 0. The fraction of sp³-hybridized carbons (Fsp3) is 0.238. The number of benzene rings is 2. The van der Waals surface area contributed by atoms with Crippen LogP contribution in [0, 0.1) is 0 Å². The first-order chi connectivity index (χ1) is 11.9. The molecular formula is C21H21NO3. The molecule has 25 heavy (non-hydrogen) atoms. The van der Waals surface area contributed by atoms with Crippen LogP contribution in [0.2, 0.25) is 0 Å². The lowest BCUT2D eigenvalue weighted by atomic mass is 9.84. The topological polar surface area (TPSA) is 55.4 Å². The van der Waals surface area contributed by atoms with Crippen molar-refractivity contribution in [3.05, 3.63) is 70.8 Å². The normalized spacial score (nSPS) is 16.7. The third-order valence-corrected chi connectivity index (χ3v) is 4.31. The summed E-state index contributed by atoms with van der Waals surface area (Å²) in [6.45, 7) is 4.15. The number of para-hydroxylation sites is 1. The summed E-state index contributed by atoms with van der Waals surface area (Å²) in [7, 11) is 1.55. The van der Waals surface area contributed by atoms with Gasteiger partial charge in [0.25, 0.3) is 0 Å². The van der Waals surface area contributed by atoms with Crippen LogP contribution in [0.4, 0.5) is 0 Å². The molecule has 0 amide bonds. The molecule has 0 saturated heterocycles. The van der Waals surface area contributed by atoms with Crippen molar-refractivity contribution in [3.63, 3.8) is 0 Å². The summed E-state index contributed by atoms with van der Waals surface area (Å²) in [5.74, 6) is 0.430. The predicted octanol–water partition coefficient (Wildman–Crippen LogP) is 3.66. The molecule has 128 valence electrons. The Bertz CT molecular complexity index is 865. The van der Waals surface area contributed by atoms with Crippen molar-refractivity contribution in [2.75, 3.05) is 7.11 Å². The minimum absolute atomic E-state index is 0.122. The van der Waals surface area contributed by atoms with Crippen molar-refractivity contribution in [3.8, 4) is 5.75 Å². The highest BCUT2D eigenvalue weighted by Gasteiger charge is 2.28. The van der Waals surface area contributed by atoms with E-state index in [0.717, 1.165) is 29.5 Å². The molecule has 3 rings (SSSR count). The van der Waals surface area contributed by atoms with E-state index in [2.05, 4.69) is 19.2 Å². The zero-order valence-electron chi connectivity index (χ0n) is 14.6. The molecule has 4 nitrogen and oxygen atoms in total. The van der Waals surface area contributed by atoms with Gasteiger partial charge in [0.15, 0.2) is 5.78 Å². The lowest BCUT2D eigenvalue weighted by Crippen LogP contribution is -2.43. The molecule has 1 aliphatic rings. The summed E-state index contributed by atoms with van der Waals surface area (Å²) in [6, 6.07) is 12.7. The number of carbonyl (C=O) groups is 2. The molecule has 0 bridgehead atoms. The van der Waals surface area contributed by atoms with Crippen molar-refractivity contribution in [1.82, 2.24) is 5.32 Å². The molecule has 2 aromatic rings. The van der Waals surface area contributed by atoms with Crippen LogP contribution >= 0.6 is 0 Å². The number of rotatable bonds is 4. The lowest BCUT2D eigenvalue weighted by molar-refractivity contribution is 0.104. The Kier molecular flexibility index (Phi) is 4.45. The molecule has 0 saturated carbocycles. The number of nitrogens with one attached hydrogen (secondary N) is 1. The smallest absolute Gasteiger partial charge is 0.191 e. The Labute approximate surface area is 147 Å². The monoisotopic (exact) mass is 335 g/mol. The number of methoxy groups -OCH3 is 1. The van der Waals surface area contributed by atoms with Crippen molar-refractivity contribution in [2.24, 2.45) is 0 Å². The quantitative estimate of drug-likeness (QED) is 0.526. The molecule has 2 aromatic carbocycles. The highest BCUT2D eigenvalue weighted by molar-refractivity contribution is 6.10. The third-order valence-electron chi connectivity index (χ3n) is 4.31. The number of hydrogen-bond donors (Lipinski definition) is 1. The van der Waals surface area contributed by atoms with Crippen LogP contribution in [0.3, 0.4) is 0 Å². The molecule has 1 N–H and O–H groups in total. The standard InChI is InChI=1S/C21H21NO3/c1-21(2)12-15-10-14(13-23)8-9-16(15)18(22-21)11-19(24)17-6-4-5-7-20(17)25-3/h4-11,13,22H,12H2,1-3H3/b18-11-. The number of aldehydes is 1. The maximum atomic E-state index is 12.8. The van der Waals surface area contributed by atoms with Crippen LogP contribution in [0.5, 0.6) is 5.75 Å². The number of fused-ring (bicyclic) bond motifs is 1. The van der Waals surface area contributed by atoms with Gasteiger partial charge in [-0.15, -0.1) is 0 Å². The van der Waals surface area contributed by atoms with E-state index in [1.807, 2.05) is 24.3 Å². The largest absolute Gasteiger partial charge is 0.496 e. The van der Waals surface area contributed by atoms with Crippen LogP contribution < -0.4 is 10.1 Å². The highest BCUT2D eigenvalue weighted by atomic mass is 16.5. The highest BCUT2D eigenvalue weighted by Crippen LogP contribution is 2.31. The fourth-order valence-electron chi connectivity index (χ4n) is 3.22. The molecule has 0 fully saturated rings. The molecule has 1 heterocycles. The van der Waals surface area contributed by atoms with E-state index in [1.165, 1.54) is 0 Å². The van der Waals surface area contributed by atoms with Gasteiger partial charge in [-0.1, -0.05) is 24.3 Å². The van der Waals surface area contributed by atoms with E-state index in [1.54, 1.807) is 31.4 Å². The number of ketones is 1. The van der Waals surface area contributed by atoms with Gasteiger partial charge in [0.1, 0.15) is 12.0 Å². The van der Waals surface area contributed by atoms with Crippen LogP contribution in [0.25, 0.3) is 5.70 Å². The van der Waals surface area contributed by atoms with Gasteiger partial charge >= 0.3 is 0 Å². The van der Waals surface area contributed by atoms with Crippen molar-refractivity contribution >= 4 is 17.8 Å². The Hall–Kier alpha value is -2.88. The van der Waals surface area contributed by atoms with Crippen molar-refractivity contribution in [2.45, 2.75) is 25.8 Å². The lowest BCUT2D eigenvalue weighted by Gasteiger charge is -2.35. The zero-order chi connectivity index (χ0) is 18.0. The molecule has 0 unspecified atom stereocenters. The van der Waals surface area contributed by atoms with E-state index < -0.39 is 0 Å². The predicted molar refractivity (Wildman–Crippen MR) is 98.0 cm³/mol. The average Bonchev–Trinajstić information content (AvgIpc) is 2.60. The van der Waals surface area contributed by atoms with Gasteiger partial charge in [-0.05, 0) is 44.0 Å². The number of hydrogen-bond acceptors (Lipinski definition) is 4. The second-order valence-electron chi connectivity index (χ2n) is 6.84. The summed E-state index contributed by atoms with van der Waals surface area (Å²) < 4.78 is 5.29. The summed E-state index contributed by atoms with van der Waals surface area (Å²) in [4.78, 5) is 23.9. The molecular weight excluding hydrogens is 314 g/mol. The maximum absolute atomic E-state index is 12.8. The second kappa shape index (κ2) is 6.55. The third kappa shape index (κ3) is 3.48. The molecule has 0 atom stereocenters. The number of allylic oxidation sites excluding steroid dienone is 1. The minimum Gasteiger partial charge on any atom is -0.496 e. The first-order valence-electron chi connectivity index (χ1n) is 8.19. The van der Waals surface area contributed by atoms with Gasteiger partial charge in [0, 0.05) is 28.4 Å². The SMILES string of the molecule is COc1ccccc1C(=O)/C=C1\NC(C)(C)Cc2cc(C=O)ccc21. The molecule has 1 aliphatic heterocycles. The second-order valence-corrected chi connectivity index (χ2v) is 6.84. The van der Waals surface area contributed by atoms with Crippen LogP contribution in [-0.4, -0.2) is 24.7 Å². The number of ether oxygens (including phenoxy) is 1. The van der Waals surface area contributed by atoms with Crippen LogP contribution in [-0.2, 0) is 6.42 Å². The van der Waals surface area contributed by atoms with Gasteiger partial charge < -0.3 is 10.1 Å². The fourth-order valence-corrected chi connectivity index (χ4v) is 3.22. The molecule has 0 aliphatic carbocycles.